The molecule has 2 aromatic rings. The summed E-state index contributed by atoms with van der Waals surface area (Å²) in [6, 6.07) is 11.4. The minimum atomic E-state index is -0.0234. The molecule has 1 aromatic heterocycles. The molecule has 4 heteroatoms. The maximum Gasteiger partial charge on any atom is 0.258 e. The third-order valence-electron chi connectivity index (χ3n) is 3.10. The average molecular weight is 269 g/mol. The van der Waals surface area contributed by atoms with Crippen molar-refractivity contribution in [3.05, 3.63) is 59.9 Å². The number of amides is 1. The van der Waals surface area contributed by atoms with Crippen molar-refractivity contribution in [2.24, 2.45) is 5.73 Å². The molecule has 2 rings (SSSR count). The third kappa shape index (κ3) is 3.42. The van der Waals surface area contributed by atoms with Crippen molar-refractivity contribution in [3.63, 3.8) is 0 Å². The van der Waals surface area contributed by atoms with Crippen LogP contribution in [0.25, 0.3) is 0 Å². The number of benzene rings is 1. The molecule has 0 aliphatic carbocycles. The molecule has 0 unspecified atom stereocenters. The molecule has 0 atom stereocenters. The van der Waals surface area contributed by atoms with Crippen LogP contribution in [0.3, 0.4) is 0 Å². The van der Waals surface area contributed by atoms with Crippen LogP contribution in [0, 0.1) is 6.92 Å². The van der Waals surface area contributed by atoms with E-state index in [-0.39, 0.29) is 5.91 Å². The molecule has 2 N–H and O–H groups in total. The van der Waals surface area contributed by atoms with E-state index in [9.17, 15) is 4.79 Å². The van der Waals surface area contributed by atoms with Gasteiger partial charge in [0.05, 0.1) is 0 Å². The van der Waals surface area contributed by atoms with Crippen LogP contribution in [0.4, 0.5) is 5.69 Å². The van der Waals surface area contributed by atoms with Crippen molar-refractivity contribution in [1.82, 2.24) is 4.98 Å². The predicted molar refractivity (Wildman–Crippen MR) is 80.8 cm³/mol. The number of pyridine rings is 1. The second-order valence-corrected chi connectivity index (χ2v) is 4.67. The Morgan fingerprint density at radius 3 is 2.40 bits per heavy atom. The second-order valence-electron chi connectivity index (χ2n) is 4.67. The molecule has 0 saturated heterocycles. The maximum absolute atomic E-state index is 12.6. The van der Waals surface area contributed by atoms with Gasteiger partial charge in [-0.25, -0.2) is 0 Å². The lowest BCUT2D eigenvalue weighted by molar-refractivity contribution is 0.0986. The maximum atomic E-state index is 12.6. The number of hydrogen-bond donors (Lipinski definition) is 1. The Morgan fingerprint density at radius 1 is 1.15 bits per heavy atom. The summed E-state index contributed by atoms with van der Waals surface area (Å²) in [4.78, 5) is 18.3. The van der Waals surface area contributed by atoms with E-state index in [0.29, 0.717) is 18.7 Å². The van der Waals surface area contributed by atoms with Crippen LogP contribution in [-0.2, 0) is 0 Å². The topological polar surface area (TPSA) is 59.2 Å². The lowest BCUT2D eigenvalue weighted by Gasteiger charge is -2.23. The summed E-state index contributed by atoms with van der Waals surface area (Å²) < 4.78 is 0. The Bertz CT molecular complexity index is 552. The highest BCUT2D eigenvalue weighted by Crippen LogP contribution is 2.18. The molecule has 20 heavy (non-hydrogen) atoms. The van der Waals surface area contributed by atoms with Gasteiger partial charge in [-0.2, -0.15) is 0 Å². The molecule has 0 fully saturated rings. The van der Waals surface area contributed by atoms with E-state index in [1.54, 1.807) is 29.4 Å². The Kier molecular flexibility index (Phi) is 4.85. The van der Waals surface area contributed by atoms with E-state index in [4.69, 9.17) is 5.73 Å². The van der Waals surface area contributed by atoms with Gasteiger partial charge in [-0.1, -0.05) is 17.7 Å². The van der Waals surface area contributed by atoms with E-state index in [1.807, 2.05) is 31.2 Å². The van der Waals surface area contributed by atoms with Gasteiger partial charge in [-0.05, 0) is 44.2 Å². The van der Waals surface area contributed by atoms with Crippen LogP contribution in [-0.4, -0.2) is 24.0 Å². The van der Waals surface area contributed by atoms with E-state index >= 15 is 0 Å². The molecule has 0 spiro atoms. The SMILES string of the molecule is Cc1ccc(N(CCCN)C(=O)c2ccncc2)cc1. The fraction of sp³-hybridized carbons (Fsp3) is 0.250. The van der Waals surface area contributed by atoms with Crippen LogP contribution in [0.2, 0.25) is 0 Å². The Morgan fingerprint density at radius 2 is 1.80 bits per heavy atom. The quantitative estimate of drug-likeness (QED) is 0.906. The van der Waals surface area contributed by atoms with Gasteiger partial charge in [0.2, 0.25) is 0 Å². The minimum absolute atomic E-state index is 0.0234. The van der Waals surface area contributed by atoms with Crippen LogP contribution in [0.1, 0.15) is 22.3 Å². The fourth-order valence-corrected chi connectivity index (χ4v) is 1.97. The minimum Gasteiger partial charge on any atom is -0.330 e. The van der Waals surface area contributed by atoms with Crippen LogP contribution in [0.5, 0.6) is 0 Å². The first kappa shape index (κ1) is 14.2. The van der Waals surface area contributed by atoms with E-state index in [0.717, 1.165) is 12.1 Å². The number of hydrogen-bond acceptors (Lipinski definition) is 3. The monoisotopic (exact) mass is 269 g/mol. The van der Waals surface area contributed by atoms with Gasteiger partial charge in [0.25, 0.3) is 5.91 Å². The van der Waals surface area contributed by atoms with E-state index in [1.165, 1.54) is 5.56 Å². The molecule has 1 amide bonds. The first-order valence-electron chi connectivity index (χ1n) is 6.71. The van der Waals surface area contributed by atoms with Crippen molar-refractivity contribution in [2.75, 3.05) is 18.0 Å². The number of nitrogens with two attached hydrogens (primary N) is 1. The van der Waals surface area contributed by atoms with Gasteiger partial charge in [0, 0.05) is 30.2 Å². The van der Waals surface area contributed by atoms with Crippen molar-refractivity contribution in [1.29, 1.82) is 0 Å². The van der Waals surface area contributed by atoms with Gasteiger partial charge in [0.15, 0.2) is 0 Å². The van der Waals surface area contributed by atoms with Crippen LogP contribution >= 0.6 is 0 Å². The van der Waals surface area contributed by atoms with Crippen molar-refractivity contribution in [3.8, 4) is 0 Å². The number of carbonyl (C=O) groups is 1. The van der Waals surface area contributed by atoms with Gasteiger partial charge in [-0.3, -0.25) is 9.78 Å². The first-order valence-corrected chi connectivity index (χ1v) is 6.71. The summed E-state index contributed by atoms with van der Waals surface area (Å²) >= 11 is 0. The molecule has 0 saturated carbocycles. The second kappa shape index (κ2) is 6.82. The molecule has 1 heterocycles. The molecule has 0 aliphatic heterocycles. The summed E-state index contributed by atoms with van der Waals surface area (Å²) in [6.45, 7) is 3.20. The largest absolute Gasteiger partial charge is 0.330 e. The summed E-state index contributed by atoms with van der Waals surface area (Å²) in [5, 5.41) is 0. The molecule has 104 valence electrons. The van der Waals surface area contributed by atoms with Crippen LogP contribution < -0.4 is 10.6 Å². The summed E-state index contributed by atoms with van der Waals surface area (Å²) in [5.74, 6) is -0.0234. The number of anilines is 1. The highest BCUT2D eigenvalue weighted by Gasteiger charge is 2.16. The summed E-state index contributed by atoms with van der Waals surface area (Å²) in [7, 11) is 0. The van der Waals surface area contributed by atoms with Crippen molar-refractivity contribution >= 4 is 11.6 Å². The summed E-state index contributed by atoms with van der Waals surface area (Å²) in [5.41, 5.74) is 8.27. The molecular weight excluding hydrogens is 250 g/mol. The standard InChI is InChI=1S/C16H19N3O/c1-13-3-5-15(6-4-13)19(12-2-9-17)16(20)14-7-10-18-11-8-14/h3-8,10-11H,2,9,12,17H2,1H3. The fourth-order valence-electron chi connectivity index (χ4n) is 1.97. The van der Waals surface area contributed by atoms with Crippen molar-refractivity contribution in [2.45, 2.75) is 13.3 Å². The number of rotatable bonds is 5. The normalized spacial score (nSPS) is 10.3. The van der Waals surface area contributed by atoms with Gasteiger partial charge in [-0.15, -0.1) is 0 Å². The molecule has 0 radical (unpaired) electrons. The van der Waals surface area contributed by atoms with Gasteiger partial charge >= 0.3 is 0 Å². The Hall–Kier alpha value is -2.20. The van der Waals surface area contributed by atoms with E-state index < -0.39 is 0 Å². The zero-order valence-electron chi connectivity index (χ0n) is 11.6. The lowest BCUT2D eigenvalue weighted by atomic mass is 10.1. The average Bonchev–Trinajstić information content (AvgIpc) is 2.50. The predicted octanol–water partition coefficient (Wildman–Crippen LogP) is 2.39. The highest BCUT2D eigenvalue weighted by atomic mass is 16.2. The highest BCUT2D eigenvalue weighted by molar-refractivity contribution is 6.05. The smallest absolute Gasteiger partial charge is 0.258 e. The zero-order chi connectivity index (χ0) is 14.4. The molecule has 0 aliphatic rings. The third-order valence-corrected chi connectivity index (χ3v) is 3.10. The van der Waals surface area contributed by atoms with E-state index in [2.05, 4.69) is 4.98 Å². The first-order chi connectivity index (χ1) is 9.72. The number of nitrogens with zero attached hydrogens (tertiary/aromatic N) is 2. The Labute approximate surface area is 119 Å². The molecular formula is C16H19N3O. The van der Waals surface area contributed by atoms with Crippen LogP contribution in [0.15, 0.2) is 48.8 Å². The zero-order valence-corrected chi connectivity index (χ0v) is 11.6. The number of carbonyl (C=O) groups excluding carboxylic acids is 1. The Balaban J connectivity index is 2.27. The van der Waals surface area contributed by atoms with Gasteiger partial charge < -0.3 is 10.6 Å². The molecule has 4 nitrogen and oxygen atoms in total. The lowest BCUT2D eigenvalue weighted by Crippen LogP contribution is -2.33. The number of aryl methyl sites for hydroxylation is 1. The molecule has 1 aromatic carbocycles. The number of aromatic nitrogens is 1. The summed E-state index contributed by atoms with van der Waals surface area (Å²) in [6.07, 6.45) is 4.03. The molecule has 0 bridgehead atoms. The van der Waals surface area contributed by atoms with Gasteiger partial charge in [0.1, 0.15) is 0 Å². The van der Waals surface area contributed by atoms with Crippen molar-refractivity contribution < 1.29 is 4.79 Å².